The average Bonchev–Trinajstić information content (AvgIpc) is 2.42. The maximum atomic E-state index is 5.93. The van der Waals surface area contributed by atoms with Crippen LogP contribution in [-0.4, -0.2) is 25.0 Å². The summed E-state index contributed by atoms with van der Waals surface area (Å²) < 4.78 is 0. The molecule has 0 heterocycles. The van der Waals surface area contributed by atoms with Crippen molar-refractivity contribution in [3.05, 3.63) is 35.4 Å². The molecule has 2 heteroatoms. The third kappa shape index (κ3) is 4.05. The molecule has 2 N–H and O–H groups in total. The fraction of sp³-hybridized carbons (Fsp3) is 0.647. The molecule has 0 bridgehead atoms. The lowest BCUT2D eigenvalue weighted by molar-refractivity contribution is 0.170. The summed E-state index contributed by atoms with van der Waals surface area (Å²) in [4.78, 5) is 2.47. The molecule has 0 aromatic heterocycles. The third-order valence-corrected chi connectivity index (χ3v) is 4.62. The first-order valence-electron chi connectivity index (χ1n) is 7.64. The highest BCUT2D eigenvalue weighted by Gasteiger charge is 2.24. The topological polar surface area (TPSA) is 29.3 Å². The van der Waals surface area contributed by atoms with Gasteiger partial charge in [0.1, 0.15) is 0 Å². The zero-order valence-electron chi connectivity index (χ0n) is 12.4. The summed E-state index contributed by atoms with van der Waals surface area (Å²) in [5, 5.41) is 0. The SMILES string of the molecule is Cc1ccccc1CN(C)CC1CCCCC1CN. The van der Waals surface area contributed by atoms with Gasteiger partial charge in [0, 0.05) is 13.1 Å². The Balaban J connectivity index is 1.90. The van der Waals surface area contributed by atoms with E-state index in [2.05, 4.69) is 43.1 Å². The van der Waals surface area contributed by atoms with Crippen LogP contribution in [0.4, 0.5) is 0 Å². The number of hydrogen-bond acceptors (Lipinski definition) is 2. The van der Waals surface area contributed by atoms with E-state index in [0.29, 0.717) is 0 Å². The van der Waals surface area contributed by atoms with Gasteiger partial charge >= 0.3 is 0 Å². The molecule has 2 rings (SSSR count). The van der Waals surface area contributed by atoms with Crippen LogP contribution in [0.5, 0.6) is 0 Å². The lowest BCUT2D eigenvalue weighted by atomic mass is 9.79. The number of nitrogens with zero attached hydrogens (tertiary/aromatic N) is 1. The average molecular weight is 260 g/mol. The number of hydrogen-bond donors (Lipinski definition) is 1. The minimum absolute atomic E-state index is 0.744. The molecule has 1 aromatic rings. The van der Waals surface area contributed by atoms with Crippen molar-refractivity contribution in [1.82, 2.24) is 4.90 Å². The first-order chi connectivity index (χ1) is 9.20. The van der Waals surface area contributed by atoms with Gasteiger partial charge in [0.05, 0.1) is 0 Å². The molecule has 1 aliphatic carbocycles. The minimum Gasteiger partial charge on any atom is -0.330 e. The van der Waals surface area contributed by atoms with Crippen molar-refractivity contribution >= 4 is 0 Å². The highest BCUT2D eigenvalue weighted by atomic mass is 15.1. The monoisotopic (exact) mass is 260 g/mol. The molecule has 1 saturated carbocycles. The van der Waals surface area contributed by atoms with Crippen LogP contribution in [0.25, 0.3) is 0 Å². The molecule has 1 aliphatic rings. The predicted octanol–water partition coefficient (Wildman–Crippen LogP) is 3.19. The molecular weight excluding hydrogens is 232 g/mol. The summed E-state index contributed by atoms with van der Waals surface area (Å²) in [6.45, 7) is 5.31. The molecule has 0 aliphatic heterocycles. The van der Waals surface area contributed by atoms with E-state index in [1.807, 2.05) is 0 Å². The first-order valence-corrected chi connectivity index (χ1v) is 7.64. The quantitative estimate of drug-likeness (QED) is 0.881. The van der Waals surface area contributed by atoms with E-state index in [4.69, 9.17) is 5.73 Å². The van der Waals surface area contributed by atoms with E-state index in [1.165, 1.54) is 43.4 Å². The molecule has 2 atom stereocenters. The molecule has 0 saturated heterocycles. The maximum Gasteiger partial charge on any atom is 0.0233 e. The van der Waals surface area contributed by atoms with Crippen molar-refractivity contribution in [1.29, 1.82) is 0 Å². The normalized spacial score (nSPS) is 23.8. The molecule has 0 amide bonds. The first kappa shape index (κ1) is 14.5. The number of rotatable bonds is 5. The summed E-state index contributed by atoms with van der Waals surface area (Å²) in [7, 11) is 2.24. The molecule has 0 spiro atoms. The fourth-order valence-corrected chi connectivity index (χ4v) is 3.38. The second kappa shape index (κ2) is 7.06. The fourth-order valence-electron chi connectivity index (χ4n) is 3.38. The van der Waals surface area contributed by atoms with Gasteiger partial charge in [0.15, 0.2) is 0 Å². The van der Waals surface area contributed by atoms with Crippen molar-refractivity contribution < 1.29 is 0 Å². The van der Waals surface area contributed by atoms with E-state index in [0.717, 1.165) is 24.9 Å². The van der Waals surface area contributed by atoms with Gasteiger partial charge in [-0.1, -0.05) is 37.1 Å². The Morgan fingerprint density at radius 3 is 2.53 bits per heavy atom. The largest absolute Gasteiger partial charge is 0.330 e. The van der Waals surface area contributed by atoms with Gasteiger partial charge in [-0.05, 0) is 56.3 Å². The van der Waals surface area contributed by atoms with Gasteiger partial charge in [-0.25, -0.2) is 0 Å². The van der Waals surface area contributed by atoms with Crippen molar-refractivity contribution in [2.45, 2.75) is 39.2 Å². The van der Waals surface area contributed by atoms with Gasteiger partial charge in [0.25, 0.3) is 0 Å². The lowest BCUT2D eigenvalue weighted by Gasteiger charge is -2.33. The van der Waals surface area contributed by atoms with Gasteiger partial charge in [-0.3, -0.25) is 0 Å². The molecule has 2 nitrogen and oxygen atoms in total. The Bertz CT molecular complexity index is 389. The zero-order chi connectivity index (χ0) is 13.7. The Morgan fingerprint density at radius 1 is 1.16 bits per heavy atom. The number of nitrogens with two attached hydrogens (primary N) is 1. The van der Waals surface area contributed by atoms with E-state index in [-0.39, 0.29) is 0 Å². The lowest BCUT2D eigenvalue weighted by Crippen LogP contribution is -2.35. The van der Waals surface area contributed by atoms with Crippen molar-refractivity contribution in [3.63, 3.8) is 0 Å². The smallest absolute Gasteiger partial charge is 0.0233 e. The Kier molecular flexibility index (Phi) is 5.41. The van der Waals surface area contributed by atoms with Gasteiger partial charge in [-0.2, -0.15) is 0 Å². The molecule has 19 heavy (non-hydrogen) atoms. The Hall–Kier alpha value is -0.860. The summed E-state index contributed by atoms with van der Waals surface area (Å²) in [6.07, 6.45) is 5.46. The molecular formula is C17H28N2. The molecule has 2 unspecified atom stereocenters. The second-order valence-corrected chi connectivity index (χ2v) is 6.16. The molecule has 0 radical (unpaired) electrons. The number of aryl methyl sites for hydroxylation is 1. The van der Waals surface area contributed by atoms with Crippen LogP contribution in [0.2, 0.25) is 0 Å². The standard InChI is InChI=1S/C17H28N2/c1-14-7-3-4-9-16(14)12-19(2)13-17-10-6-5-8-15(17)11-18/h3-4,7,9,15,17H,5-6,8,10-13,18H2,1-2H3. The zero-order valence-corrected chi connectivity index (χ0v) is 12.4. The predicted molar refractivity (Wildman–Crippen MR) is 82.0 cm³/mol. The van der Waals surface area contributed by atoms with Gasteiger partial charge in [0.2, 0.25) is 0 Å². The van der Waals surface area contributed by atoms with Crippen LogP contribution in [0.15, 0.2) is 24.3 Å². The summed E-state index contributed by atoms with van der Waals surface area (Å²) in [5.74, 6) is 1.54. The Morgan fingerprint density at radius 2 is 1.84 bits per heavy atom. The highest BCUT2D eigenvalue weighted by Crippen LogP contribution is 2.30. The number of benzene rings is 1. The molecule has 1 fully saturated rings. The van der Waals surface area contributed by atoms with Crippen LogP contribution >= 0.6 is 0 Å². The molecule has 106 valence electrons. The third-order valence-electron chi connectivity index (χ3n) is 4.62. The summed E-state index contributed by atoms with van der Waals surface area (Å²) in [6, 6.07) is 8.70. The van der Waals surface area contributed by atoms with E-state index < -0.39 is 0 Å². The summed E-state index contributed by atoms with van der Waals surface area (Å²) in [5.41, 5.74) is 8.77. The van der Waals surface area contributed by atoms with Crippen molar-refractivity contribution in [2.24, 2.45) is 17.6 Å². The molecule has 1 aromatic carbocycles. The van der Waals surface area contributed by atoms with Crippen LogP contribution in [0.3, 0.4) is 0 Å². The van der Waals surface area contributed by atoms with E-state index in [9.17, 15) is 0 Å². The van der Waals surface area contributed by atoms with Crippen molar-refractivity contribution in [2.75, 3.05) is 20.1 Å². The second-order valence-electron chi connectivity index (χ2n) is 6.16. The van der Waals surface area contributed by atoms with Crippen LogP contribution < -0.4 is 5.73 Å². The van der Waals surface area contributed by atoms with E-state index >= 15 is 0 Å². The van der Waals surface area contributed by atoms with E-state index in [1.54, 1.807) is 0 Å². The van der Waals surface area contributed by atoms with Gasteiger partial charge in [-0.15, -0.1) is 0 Å². The maximum absolute atomic E-state index is 5.93. The Labute approximate surface area is 118 Å². The van der Waals surface area contributed by atoms with Crippen LogP contribution in [0, 0.1) is 18.8 Å². The van der Waals surface area contributed by atoms with Gasteiger partial charge < -0.3 is 10.6 Å². The van der Waals surface area contributed by atoms with Crippen LogP contribution in [-0.2, 0) is 6.54 Å². The van der Waals surface area contributed by atoms with Crippen molar-refractivity contribution in [3.8, 4) is 0 Å². The minimum atomic E-state index is 0.744. The highest BCUT2D eigenvalue weighted by molar-refractivity contribution is 5.25. The van der Waals surface area contributed by atoms with Crippen LogP contribution in [0.1, 0.15) is 36.8 Å². The summed E-state index contributed by atoms with van der Waals surface area (Å²) >= 11 is 0.